The van der Waals surface area contributed by atoms with Crippen molar-refractivity contribution in [2.45, 2.75) is 25.8 Å². The van der Waals surface area contributed by atoms with Crippen molar-refractivity contribution in [1.29, 1.82) is 0 Å². The topological polar surface area (TPSA) is 52.6 Å². The van der Waals surface area contributed by atoms with Gasteiger partial charge in [-0.1, -0.05) is 6.92 Å². The molecule has 1 aliphatic heterocycles. The van der Waals surface area contributed by atoms with Gasteiger partial charge >= 0.3 is 6.03 Å². The number of nitrogens with one attached hydrogen (secondary N) is 1. The van der Waals surface area contributed by atoms with Crippen molar-refractivity contribution in [1.82, 2.24) is 10.2 Å². The lowest BCUT2D eigenvalue weighted by Gasteiger charge is -2.12. The van der Waals surface area contributed by atoms with E-state index in [9.17, 15) is 4.79 Å². The summed E-state index contributed by atoms with van der Waals surface area (Å²) in [6.07, 6.45) is 1.64. The zero-order valence-electron chi connectivity index (χ0n) is 7.42. The van der Waals surface area contributed by atoms with Crippen LogP contribution >= 0.6 is 0 Å². The normalized spacial score (nSPS) is 23.0. The highest BCUT2D eigenvalue weighted by atomic mass is 16.3. The molecule has 1 unspecified atom stereocenters. The minimum Gasteiger partial charge on any atom is -0.396 e. The third-order valence-electron chi connectivity index (χ3n) is 2.13. The van der Waals surface area contributed by atoms with Gasteiger partial charge in [-0.25, -0.2) is 4.79 Å². The quantitative estimate of drug-likeness (QED) is 0.635. The number of nitrogens with zero attached hydrogens (tertiary/aromatic N) is 1. The van der Waals surface area contributed by atoms with Crippen LogP contribution in [0.15, 0.2) is 0 Å². The van der Waals surface area contributed by atoms with Gasteiger partial charge in [-0.2, -0.15) is 0 Å². The lowest BCUT2D eigenvalue weighted by molar-refractivity contribution is 0.209. The van der Waals surface area contributed by atoms with Gasteiger partial charge in [0.1, 0.15) is 0 Å². The molecule has 70 valence electrons. The molecule has 0 radical (unpaired) electrons. The van der Waals surface area contributed by atoms with Crippen LogP contribution in [0.3, 0.4) is 0 Å². The Morgan fingerprint density at radius 1 is 1.75 bits per heavy atom. The fraction of sp³-hybridized carbons (Fsp3) is 0.875. The fourth-order valence-corrected chi connectivity index (χ4v) is 1.35. The first kappa shape index (κ1) is 9.32. The van der Waals surface area contributed by atoms with Crippen molar-refractivity contribution in [3.63, 3.8) is 0 Å². The van der Waals surface area contributed by atoms with Crippen LogP contribution in [0.4, 0.5) is 4.79 Å². The second kappa shape index (κ2) is 4.30. The van der Waals surface area contributed by atoms with Crippen LogP contribution < -0.4 is 5.32 Å². The molecule has 2 amide bonds. The summed E-state index contributed by atoms with van der Waals surface area (Å²) in [6, 6.07) is 0.312. The molecule has 1 rings (SSSR count). The molecule has 1 saturated heterocycles. The number of aliphatic hydroxyl groups excluding tert-OH is 1. The molecule has 0 bridgehead atoms. The average molecular weight is 172 g/mol. The summed E-state index contributed by atoms with van der Waals surface area (Å²) in [6.45, 7) is 3.66. The molecule has 0 spiro atoms. The Bertz CT molecular complexity index is 161. The lowest BCUT2D eigenvalue weighted by Crippen LogP contribution is -2.29. The highest BCUT2D eigenvalue weighted by Crippen LogP contribution is 2.06. The minimum absolute atomic E-state index is 0.00954. The first-order valence-electron chi connectivity index (χ1n) is 4.44. The van der Waals surface area contributed by atoms with Gasteiger partial charge in [-0.3, -0.25) is 0 Å². The molecule has 1 heterocycles. The van der Waals surface area contributed by atoms with Crippen LogP contribution in [0, 0.1) is 0 Å². The van der Waals surface area contributed by atoms with E-state index >= 15 is 0 Å². The molecule has 1 fully saturated rings. The maximum absolute atomic E-state index is 11.2. The Morgan fingerprint density at radius 2 is 2.50 bits per heavy atom. The smallest absolute Gasteiger partial charge is 0.317 e. The third-order valence-corrected chi connectivity index (χ3v) is 2.13. The van der Waals surface area contributed by atoms with E-state index in [0.717, 1.165) is 13.0 Å². The number of amides is 2. The second-order valence-corrected chi connectivity index (χ2v) is 3.08. The van der Waals surface area contributed by atoms with Gasteiger partial charge in [-0.15, -0.1) is 0 Å². The molecule has 4 heteroatoms. The van der Waals surface area contributed by atoms with E-state index in [1.54, 1.807) is 4.90 Å². The Labute approximate surface area is 72.6 Å². The number of rotatable bonds is 4. The summed E-state index contributed by atoms with van der Waals surface area (Å²) in [7, 11) is 0. The van der Waals surface area contributed by atoms with Crippen LogP contribution in [0.1, 0.15) is 19.8 Å². The Kier molecular flexibility index (Phi) is 3.34. The summed E-state index contributed by atoms with van der Waals surface area (Å²) >= 11 is 0. The largest absolute Gasteiger partial charge is 0.396 e. The molecule has 0 aromatic carbocycles. The highest BCUT2D eigenvalue weighted by Gasteiger charge is 2.26. The summed E-state index contributed by atoms with van der Waals surface area (Å²) in [5.74, 6) is 0. The number of aliphatic hydroxyl groups is 1. The van der Waals surface area contributed by atoms with Crippen molar-refractivity contribution < 1.29 is 9.90 Å². The van der Waals surface area contributed by atoms with Crippen molar-refractivity contribution >= 4 is 6.03 Å². The summed E-state index contributed by atoms with van der Waals surface area (Å²) in [4.78, 5) is 12.9. The highest BCUT2D eigenvalue weighted by molar-refractivity contribution is 5.76. The van der Waals surface area contributed by atoms with Crippen molar-refractivity contribution in [3.8, 4) is 0 Å². The number of carbonyl (C=O) groups excluding carboxylic acids is 1. The maximum atomic E-state index is 11.2. The van der Waals surface area contributed by atoms with Crippen molar-refractivity contribution in [3.05, 3.63) is 0 Å². The van der Waals surface area contributed by atoms with E-state index in [1.165, 1.54) is 0 Å². The van der Waals surface area contributed by atoms with Crippen molar-refractivity contribution in [2.24, 2.45) is 0 Å². The monoisotopic (exact) mass is 172 g/mol. The van der Waals surface area contributed by atoms with Crippen LogP contribution in [-0.2, 0) is 0 Å². The van der Waals surface area contributed by atoms with Gasteiger partial charge in [0.05, 0.1) is 0 Å². The van der Waals surface area contributed by atoms with E-state index < -0.39 is 0 Å². The SMILES string of the molecule is CCC1CN(CCCO)C(=O)N1. The van der Waals surface area contributed by atoms with Gasteiger partial charge in [-0.05, 0) is 12.8 Å². The maximum Gasteiger partial charge on any atom is 0.317 e. The molecule has 0 aromatic rings. The first-order valence-corrected chi connectivity index (χ1v) is 4.44. The summed E-state index contributed by atoms with van der Waals surface area (Å²) in [5, 5.41) is 11.4. The van der Waals surface area contributed by atoms with E-state index in [1.807, 2.05) is 0 Å². The molecule has 0 aromatic heterocycles. The summed E-state index contributed by atoms with van der Waals surface area (Å²) in [5.41, 5.74) is 0. The predicted octanol–water partition coefficient (Wildman–Crippen LogP) is 0.173. The Morgan fingerprint density at radius 3 is 3.00 bits per heavy atom. The van der Waals surface area contributed by atoms with E-state index in [2.05, 4.69) is 12.2 Å². The molecule has 1 atom stereocenters. The second-order valence-electron chi connectivity index (χ2n) is 3.08. The number of carbonyl (C=O) groups is 1. The minimum atomic E-state index is 0.00954. The van der Waals surface area contributed by atoms with Gasteiger partial charge in [0, 0.05) is 25.7 Å². The fourth-order valence-electron chi connectivity index (χ4n) is 1.35. The molecule has 4 nitrogen and oxygen atoms in total. The third kappa shape index (κ3) is 2.11. The predicted molar refractivity (Wildman–Crippen MR) is 45.9 cm³/mol. The molecule has 0 saturated carbocycles. The van der Waals surface area contributed by atoms with Gasteiger partial charge in [0.15, 0.2) is 0 Å². The Balaban J connectivity index is 2.31. The average Bonchev–Trinajstić information content (AvgIpc) is 2.43. The van der Waals surface area contributed by atoms with E-state index in [0.29, 0.717) is 19.0 Å². The van der Waals surface area contributed by atoms with Crippen LogP contribution in [-0.4, -0.2) is 41.8 Å². The van der Waals surface area contributed by atoms with Gasteiger partial charge in [0.25, 0.3) is 0 Å². The molecular formula is C8H16N2O2. The molecule has 12 heavy (non-hydrogen) atoms. The standard InChI is InChI=1S/C8H16N2O2/c1-2-7-6-10(4-3-5-11)8(12)9-7/h7,11H,2-6H2,1H3,(H,9,12). The van der Waals surface area contributed by atoms with Crippen molar-refractivity contribution in [2.75, 3.05) is 19.7 Å². The molecular weight excluding hydrogens is 156 g/mol. The van der Waals surface area contributed by atoms with Crippen LogP contribution in [0.25, 0.3) is 0 Å². The Hall–Kier alpha value is -0.770. The molecule has 2 N–H and O–H groups in total. The zero-order valence-corrected chi connectivity index (χ0v) is 7.42. The number of urea groups is 1. The van der Waals surface area contributed by atoms with E-state index in [-0.39, 0.29) is 12.6 Å². The van der Waals surface area contributed by atoms with Gasteiger partial charge < -0.3 is 15.3 Å². The molecule has 0 aliphatic carbocycles. The van der Waals surface area contributed by atoms with E-state index in [4.69, 9.17) is 5.11 Å². The lowest BCUT2D eigenvalue weighted by atomic mass is 10.2. The summed E-state index contributed by atoms with van der Waals surface area (Å²) < 4.78 is 0. The first-order chi connectivity index (χ1) is 5.77. The molecule has 1 aliphatic rings. The zero-order chi connectivity index (χ0) is 8.97. The van der Waals surface area contributed by atoms with Crippen LogP contribution in [0.5, 0.6) is 0 Å². The van der Waals surface area contributed by atoms with Crippen LogP contribution in [0.2, 0.25) is 0 Å². The number of hydrogen-bond donors (Lipinski definition) is 2. The number of hydrogen-bond acceptors (Lipinski definition) is 2. The van der Waals surface area contributed by atoms with Gasteiger partial charge in [0.2, 0.25) is 0 Å².